The summed E-state index contributed by atoms with van der Waals surface area (Å²) in [6.45, 7) is 6.05. The van der Waals surface area contributed by atoms with Gasteiger partial charge < -0.3 is 5.32 Å². The van der Waals surface area contributed by atoms with Crippen molar-refractivity contribution in [2.24, 2.45) is 4.99 Å². The number of amidine groups is 1. The topological polar surface area (TPSA) is 70.1 Å². The van der Waals surface area contributed by atoms with Gasteiger partial charge in [0.05, 0.1) is 12.3 Å². The number of nitrogens with zero attached hydrogens (tertiary/aromatic N) is 2. The molecule has 1 heterocycles. The molecule has 23 heavy (non-hydrogen) atoms. The molecule has 2 N–H and O–H groups in total. The third-order valence-electron chi connectivity index (χ3n) is 2.81. The van der Waals surface area contributed by atoms with Crippen molar-refractivity contribution in [1.82, 2.24) is 10.2 Å². The van der Waals surface area contributed by atoms with Gasteiger partial charge in [0.1, 0.15) is 0 Å². The number of anilines is 1. The number of halogens is 1. The maximum atomic E-state index is 12.2. The average molecular weight is 393 g/mol. The monoisotopic (exact) mass is 392 g/mol. The van der Waals surface area contributed by atoms with Crippen LogP contribution < -0.4 is 5.32 Å². The van der Waals surface area contributed by atoms with Crippen LogP contribution in [0.25, 0.3) is 0 Å². The fraction of sp³-hybridized carbons (Fsp3) is 0.188. The van der Waals surface area contributed by atoms with Crippen molar-refractivity contribution >= 4 is 44.5 Å². The summed E-state index contributed by atoms with van der Waals surface area (Å²) < 4.78 is 0.950. The quantitative estimate of drug-likeness (QED) is 0.336. The number of nitrogens with one attached hydrogen (secondary N) is 2. The third-order valence-corrected chi connectivity index (χ3v) is 4.25. The molecule has 120 valence electrons. The average Bonchev–Trinajstić information content (AvgIpc) is 2.95. The lowest BCUT2D eigenvalue weighted by Crippen LogP contribution is -2.13. The second-order valence-corrected chi connectivity index (χ2v) is 6.59. The minimum Gasteiger partial charge on any atom is -0.318 e. The Morgan fingerprint density at radius 3 is 2.83 bits per heavy atom. The predicted octanol–water partition coefficient (Wildman–Crippen LogP) is 4.05. The highest BCUT2D eigenvalue weighted by molar-refractivity contribution is 9.10. The normalized spacial score (nSPS) is 11.3. The van der Waals surface area contributed by atoms with Crippen LogP contribution in [0.4, 0.5) is 5.82 Å². The molecule has 0 saturated carbocycles. The molecule has 2 aromatic rings. The van der Waals surface area contributed by atoms with Gasteiger partial charge in [0, 0.05) is 21.8 Å². The molecule has 0 aliphatic heterocycles. The summed E-state index contributed by atoms with van der Waals surface area (Å²) in [6.07, 6.45) is 1.70. The van der Waals surface area contributed by atoms with Crippen LogP contribution in [0.15, 0.2) is 52.5 Å². The minimum absolute atomic E-state index is 0.0498. The zero-order chi connectivity index (χ0) is 16.7. The number of hydrogen-bond donors (Lipinski definition) is 2. The molecule has 0 bridgehead atoms. The number of carbonyl (C=O) groups excluding carboxylic acids is 1. The molecule has 7 heteroatoms. The van der Waals surface area contributed by atoms with E-state index in [-0.39, 0.29) is 5.78 Å². The number of aryl methyl sites for hydroxylation is 1. The SMILES string of the molecule is C=CCN=C(Nc1cc(C)[nH]n1)SCC(=O)c1ccc(Br)cc1. The Morgan fingerprint density at radius 1 is 1.48 bits per heavy atom. The van der Waals surface area contributed by atoms with E-state index >= 15 is 0 Å². The molecule has 5 nitrogen and oxygen atoms in total. The Hall–Kier alpha value is -1.86. The summed E-state index contributed by atoms with van der Waals surface area (Å²) in [5.74, 6) is 1.02. The maximum Gasteiger partial charge on any atom is 0.173 e. The van der Waals surface area contributed by atoms with E-state index in [1.54, 1.807) is 18.2 Å². The fourth-order valence-electron chi connectivity index (χ4n) is 1.71. The van der Waals surface area contributed by atoms with Gasteiger partial charge in [-0.15, -0.1) is 6.58 Å². The van der Waals surface area contributed by atoms with E-state index in [0.717, 1.165) is 10.2 Å². The van der Waals surface area contributed by atoms with Gasteiger partial charge in [-0.1, -0.05) is 45.9 Å². The van der Waals surface area contributed by atoms with Crippen molar-refractivity contribution < 1.29 is 4.79 Å². The number of aliphatic imine (C=N–C) groups is 1. The number of rotatable bonds is 6. The van der Waals surface area contributed by atoms with E-state index in [0.29, 0.717) is 28.8 Å². The van der Waals surface area contributed by atoms with Crippen LogP contribution in [-0.2, 0) is 0 Å². The van der Waals surface area contributed by atoms with Crippen LogP contribution in [0.2, 0.25) is 0 Å². The number of ketones is 1. The van der Waals surface area contributed by atoms with Crippen LogP contribution >= 0.6 is 27.7 Å². The Balaban J connectivity index is 1.98. The van der Waals surface area contributed by atoms with Crippen molar-refractivity contribution in [3.63, 3.8) is 0 Å². The number of aromatic nitrogens is 2. The fourth-order valence-corrected chi connectivity index (χ4v) is 2.75. The third kappa shape index (κ3) is 5.69. The van der Waals surface area contributed by atoms with Crippen LogP contribution in [0.1, 0.15) is 16.1 Å². The zero-order valence-corrected chi connectivity index (χ0v) is 15.1. The molecular weight excluding hydrogens is 376 g/mol. The van der Waals surface area contributed by atoms with Gasteiger partial charge >= 0.3 is 0 Å². The number of benzene rings is 1. The molecule has 0 saturated heterocycles. The summed E-state index contributed by atoms with van der Waals surface area (Å²) in [6, 6.07) is 9.20. The van der Waals surface area contributed by atoms with E-state index in [1.165, 1.54) is 11.8 Å². The van der Waals surface area contributed by atoms with Gasteiger partial charge in [-0.25, -0.2) is 0 Å². The predicted molar refractivity (Wildman–Crippen MR) is 100 cm³/mol. The molecule has 0 fully saturated rings. The van der Waals surface area contributed by atoms with Crippen molar-refractivity contribution in [2.75, 3.05) is 17.6 Å². The molecule has 1 aromatic carbocycles. The van der Waals surface area contributed by atoms with Crippen LogP contribution in [0.5, 0.6) is 0 Å². The second-order valence-electron chi connectivity index (χ2n) is 4.71. The van der Waals surface area contributed by atoms with Crippen LogP contribution in [-0.4, -0.2) is 33.4 Å². The molecule has 0 unspecified atom stereocenters. The largest absolute Gasteiger partial charge is 0.318 e. The first-order chi connectivity index (χ1) is 11.1. The lowest BCUT2D eigenvalue weighted by Gasteiger charge is -2.07. The van der Waals surface area contributed by atoms with Crippen LogP contribution in [0.3, 0.4) is 0 Å². The van der Waals surface area contributed by atoms with Crippen molar-refractivity contribution in [1.29, 1.82) is 0 Å². The van der Waals surface area contributed by atoms with Gasteiger partial charge in [0.2, 0.25) is 0 Å². The lowest BCUT2D eigenvalue weighted by molar-refractivity contribution is 0.102. The summed E-state index contributed by atoms with van der Waals surface area (Å²) in [5, 5.41) is 10.7. The maximum absolute atomic E-state index is 12.2. The van der Waals surface area contributed by atoms with Gasteiger partial charge in [-0.2, -0.15) is 5.10 Å². The Labute approximate surface area is 147 Å². The van der Waals surface area contributed by atoms with E-state index in [9.17, 15) is 4.79 Å². The lowest BCUT2D eigenvalue weighted by atomic mass is 10.2. The highest BCUT2D eigenvalue weighted by Crippen LogP contribution is 2.15. The summed E-state index contributed by atoms with van der Waals surface area (Å²) in [5.41, 5.74) is 1.63. The smallest absolute Gasteiger partial charge is 0.173 e. The Kier molecular flexibility index (Phi) is 6.61. The molecule has 0 atom stereocenters. The van der Waals surface area contributed by atoms with E-state index < -0.39 is 0 Å². The van der Waals surface area contributed by atoms with Crippen molar-refractivity contribution in [3.8, 4) is 0 Å². The van der Waals surface area contributed by atoms with E-state index in [1.807, 2.05) is 25.1 Å². The molecule has 0 amide bonds. The first kappa shape index (κ1) is 17.5. The highest BCUT2D eigenvalue weighted by Gasteiger charge is 2.10. The Morgan fingerprint density at radius 2 is 2.22 bits per heavy atom. The Bertz CT molecular complexity index is 709. The first-order valence-electron chi connectivity index (χ1n) is 6.94. The van der Waals surface area contributed by atoms with Gasteiger partial charge in [-0.05, 0) is 19.1 Å². The zero-order valence-electron chi connectivity index (χ0n) is 12.7. The minimum atomic E-state index is 0.0498. The highest BCUT2D eigenvalue weighted by atomic mass is 79.9. The second kappa shape index (κ2) is 8.69. The summed E-state index contributed by atoms with van der Waals surface area (Å²) >= 11 is 4.71. The number of thioether (sulfide) groups is 1. The summed E-state index contributed by atoms with van der Waals surface area (Å²) in [4.78, 5) is 16.6. The number of H-pyrrole nitrogens is 1. The van der Waals surface area contributed by atoms with E-state index in [2.05, 4.69) is 43.0 Å². The standard InChI is InChI=1S/C16H17BrN4OS/c1-3-8-18-16(19-15-9-11(2)20-21-15)23-10-14(22)12-4-6-13(17)7-5-12/h3-7,9H,1,8,10H2,2H3,(H2,18,19,20,21). The number of Topliss-reactive ketones (excluding diaryl/α,β-unsaturated/α-hetero) is 1. The molecule has 0 aliphatic rings. The van der Waals surface area contributed by atoms with Crippen molar-refractivity contribution in [3.05, 3.63) is 58.7 Å². The van der Waals surface area contributed by atoms with Crippen molar-refractivity contribution in [2.45, 2.75) is 6.92 Å². The molecular formula is C16H17BrN4OS. The van der Waals surface area contributed by atoms with E-state index in [4.69, 9.17) is 0 Å². The molecule has 1 aromatic heterocycles. The molecule has 0 aliphatic carbocycles. The number of hydrogen-bond acceptors (Lipinski definition) is 4. The number of carbonyl (C=O) groups is 1. The molecule has 0 spiro atoms. The van der Waals surface area contributed by atoms with Gasteiger partial charge in [0.15, 0.2) is 16.8 Å². The van der Waals surface area contributed by atoms with Crippen LogP contribution in [0, 0.1) is 6.92 Å². The van der Waals surface area contributed by atoms with Gasteiger partial charge in [-0.3, -0.25) is 14.9 Å². The van der Waals surface area contributed by atoms with Gasteiger partial charge in [0.25, 0.3) is 0 Å². The first-order valence-corrected chi connectivity index (χ1v) is 8.72. The molecule has 0 radical (unpaired) electrons. The molecule has 2 rings (SSSR count). The summed E-state index contributed by atoms with van der Waals surface area (Å²) in [7, 11) is 0. The number of aromatic amines is 1.